The molecule has 0 fully saturated rings. The lowest BCUT2D eigenvalue weighted by atomic mass is 10.3. The maximum absolute atomic E-state index is 11.5. The van der Waals surface area contributed by atoms with Gasteiger partial charge in [0.25, 0.3) is 0 Å². The van der Waals surface area contributed by atoms with Crippen LogP contribution in [0.3, 0.4) is 0 Å². The van der Waals surface area contributed by atoms with Crippen LogP contribution in [0, 0.1) is 0 Å². The van der Waals surface area contributed by atoms with Gasteiger partial charge >= 0.3 is 5.97 Å². The Kier molecular flexibility index (Phi) is 5.57. The summed E-state index contributed by atoms with van der Waals surface area (Å²) in [6.07, 6.45) is 2.92. The van der Waals surface area contributed by atoms with Crippen LogP contribution in [0.5, 0.6) is 5.75 Å². The molecule has 0 radical (unpaired) electrons. The van der Waals surface area contributed by atoms with Gasteiger partial charge in [0.15, 0.2) is 6.10 Å². The Morgan fingerprint density at radius 1 is 1.53 bits per heavy atom. The molecule has 1 atom stereocenters. The van der Waals surface area contributed by atoms with E-state index in [0.29, 0.717) is 10.8 Å². The van der Waals surface area contributed by atoms with Crippen molar-refractivity contribution >= 4 is 17.6 Å². The molecule has 17 heavy (non-hydrogen) atoms. The third-order valence-corrected chi connectivity index (χ3v) is 2.23. The molecule has 1 aromatic carbocycles. The van der Waals surface area contributed by atoms with Crippen molar-refractivity contribution < 1.29 is 14.3 Å². The summed E-state index contributed by atoms with van der Waals surface area (Å²) in [5.74, 6) is 0.149. The number of hydrogen-bond acceptors (Lipinski definition) is 3. The van der Waals surface area contributed by atoms with Crippen LogP contribution in [-0.4, -0.2) is 18.7 Å². The molecule has 0 amide bonds. The minimum Gasteiger partial charge on any atom is -0.479 e. The Morgan fingerprint density at radius 2 is 2.29 bits per heavy atom. The zero-order valence-electron chi connectivity index (χ0n) is 9.85. The number of carbonyl (C=O) groups is 1. The molecular formula is C13H15ClO3. The highest BCUT2D eigenvalue weighted by Gasteiger charge is 2.15. The van der Waals surface area contributed by atoms with Crippen molar-refractivity contribution in [3.63, 3.8) is 0 Å². The van der Waals surface area contributed by atoms with Gasteiger partial charge in [0.2, 0.25) is 0 Å². The van der Waals surface area contributed by atoms with Crippen molar-refractivity contribution in [2.75, 3.05) is 6.61 Å². The Morgan fingerprint density at radius 3 is 2.94 bits per heavy atom. The predicted molar refractivity (Wildman–Crippen MR) is 67.3 cm³/mol. The molecule has 1 aromatic rings. The topological polar surface area (TPSA) is 35.5 Å². The van der Waals surface area contributed by atoms with Crippen molar-refractivity contribution in [2.45, 2.75) is 20.0 Å². The lowest BCUT2D eigenvalue weighted by Gasteiger charge is -2.13. The number of benzene rings is 1. The highest BCUT2D eigenvalue weighted by molar-refractivity contribution is 6.30. The second-order valence-corrected chi connectivity index (χ2v) is 3.85. The Hall–Kier alpha value is -1.48. The van der Waals surface area contributed by atoms with E-state index in [1.54, 1.807) is 37.3 Å². The van der Waals surface area contributed by atoms with Gasteiger partial charge in [-0.2, -0.15) is 0 Å². The third-order valence-electron chi connectivity index (χ3n) is 2.00. The SMILES string of the molecule is C/C=C/COC(=O)C(C)Oc1cccc(Cl)c1. The monoisotopic (exact) mass is 254 g/mol. The first kappa shape index (κ1) is 13.6. The molecule has 92 valence electrons. The number of halogens is 1. The maximum atomic E-state index is 11.5. The second kappa shape index (κ2) is 6.97. The van der Waals surface area contributed by atoms with E-state index in [4.69, 9.17) is 21.1 Å². The maximum Gasteiger partial charge on any atom is 0.347 e. The first-order valence-electron chi connectivity index (χ1n) is 5.33. The number of carbonyl (C=O) groups excluding carboxylic acids is 1. The predicted octanol–water partition coefficient (Wildman–Crippen LogP) is 3.23. The summed E-state index contributed by atoms with van der Waals surface area (Å²) in [4.78, 5) is 11.5. The van der Waals surface area contributed by atoms with Crippen LogP contribution in [0.15, 0.2) is 36.4 Å². The molecule has 1 rings (SSSR count). The summed E-state index contributed by atoms with van der Waals surface area (Å²) in [6.45, 7) is 3.76. The molecule has 0 aromatic heterocycles. The van der Waals surface area contributed by atoms with Crippen molar-refractivity contribution in [3.8, 4) is 5.75 Å². The van der Waals surface area contributed by atoms with Crippen LogP contribution in [0.2, 0.25) is 5.02 Å². The summed E-state index contributed by atoms with van der Waals surface area (Å²) in [5.41, 5.74) is 0. The average molecular weight is 255 g/mol. The highest BCUT2D eigenvalue weighted by atomic mass is 35.5. The minimum absolute atomic E-state index is 0.262. The molecule has 0 aliphatic carbocycles. The van der Waals surface area contributed by atoms with Crippen LogP contribution < -0.4 is 4.74 Å². The largest absolute Gasteiger partial charge is 0.479 e. The lowest BCUT2D eigenvalue weighted by molar-refractivity contribution is -0.149. The molecule has 0 bridgehead atoms. The van der Waals surface area contributed by atoms with E-state index < -0.39 is 12.1 Å². The molecule has 0 N–H and O–H groups in total. The fourth-order valence-corrected chi connectivity index (χ4v) is 1.32. The third kappa shape index (κ3) is 4.91. The van der Waals surface area contributed by atoms with Crippen LogP contribution >= 0.6 is 11.6 Å². The molecule has 0 saturated carbocycles. The number of hydrogen-bond donors (Lipinski definition) is 0. The van der Waals surface area contributed by atoms with Gasteiger partial charge in [-0.25, -0.2) is 4.79 Å². The van der Waals surface area contributed by atoms with Crippen molar-refractivity contribution in [1.82, 2.24) is 0 Å². The van der Waals surface area contributed by atoms with Crippen molar-refractivity contribution in [2.24, 2.45) is 0 Å². The van der Waals surface area contributed by atoms with Crippen LogP contribution in [0.4, 0.5) is 0 Å². The van der Waals surface area contributed by atoms with Gasteiger partial charge < -0.3 is 9.47 Å². The molecule has 1 unspecified atom stereocenters. The fourth-order valence-electron chi connectivity index (χ4n) is 1.14. The van der Waals surface area contributed by atoms with Gasteiger partial charge in [0, 0.05) is 5.02 Å². The number of rotatable bonds is 5. The van der Waals surface area contributed by atoms with Gasteiger partial charge in [0.1, 0.15) is 12.4 Å². The van der Waals surface area contributed by atoms with E-state index in [2.05, 4.69) is 0 Å². The average Bonchev–Trinajstić information content (AvgIpc) is 2.29. The molecule has 0 aliphatic rings. The Balaban J connectivity index is 2.48. The molecule has 0 spiro atoms. The number of esters is 1. The van der Waals surface area contributed by atoms with E-state index in [-0.39, 0.29) is 6.61 Å². The van der Waals surface area contributed by atoms with E-state index in [9.17, 15) is 4.79 Å². The van der Waals surface area contributed by atoms with Gasteiger partial charge in [0.05, 0.1) is 0 Å². The van der Waals surface area contributed by atoms with Gasteiger partial charge in [-0.05, 0) is 32.0 Å². The standard InChI is InChI=1S/C13H15ClO3/c1-3-4-8-16-13(15)10(2)17-12-7-5-6-11(14)9-12/h3-7,9-10H,8H2,1-2H3/b4-3+. The van der Waals surface area contributed by atoms with E-state index in [0.717, 1.165) is 0 Å². The number of allylic oxidation sites excluding steroid dienone is 1. The van der Waals surface area contributed by atoms with Crippen molar-refractivity contribution in [3.05, 3.63) is 41.4 Å². The van der Waals surface area contributed by atoms with Gasteiger partial charge in [-0.1, -0.05) is 29.8 Å². The molecule has 0 aliphatic heterocycles. The molecular weight excluding hydrogens is 240 g/mol. The Bertz CT molecular complexity index is 401. The van der Waals surface area contributed by atoms with E-state index in [1.807, 2.05) is 13.0 Å². The van der Waals surface area contributed by atoms with Gasteiger partial charge in [-0.3, -0.25) is 0 Å². The summed E-state index contributed by atoms with van der Waals surface area (Å²) < 4.78 is 10.4. The van der Waals surface area contributed by atoms with Gasteiger partial charge in [-0.15, -0.1) is 0 Å². The molecule has 3 nitrogen and oxygen atoms in total. The molecule has 0 heterocycles. The summed E-state index contributed by atoms with van der Waals surface area (Å²) in [6, 6.07) is 6.89. The Labute approximate surface area is 106 Å². The quantitative estimate of drug-likeness (QED) is 0.598. The normalized spacial score (nSPS) is 12.4. The number of ether oxygens (including phenoxy) is 2. The van der Waals surface area contributed by atoms with E-state index >= 15 is 0 Å². The zero-order chi connectivity index (χ0) is 12.7. The highest BCUT2D eigenvalue weighted by Crippen LogP contribution is 2.18. The van der Waals surface area contributed by atoms with Crippen LogP contribution in [0.1, 0.15) is 13.8 Å². The van der Waals surface area contributed by atoms with Crippen molar-refractivity contribution in [1.29, 1.82) is 0 Å². The smallest absolute Gasteiger partial charge is 0.347 e. The first-order chi connectivity index (χ1) is 8.13. The zero-order valence-corrected chi connectivity index (χ0v) is 10.6. The molecule has 0 saturated heterocycles. The minimum atomic E-state index is -0.654. The molecule has 4 heteroatoms. The first-order valence-corrected chi connectivity index (χ1v) is 5.71. The summed E-state index contributed by atoms with van der Waals surface area (Å²) >= 11 is 5.80. The van der Waals surface area contributed by atoms with Crippen LogP contribution in [-0.2, 0) is 9.53 Å². The lowest BCUT2D eigenvalue weighted by Crippen LogP contribution is -2.26. The summed E-state index contributed by atoms with van der Waals surface area (Å²) in [5, 5.41) is 0.567. The fraction of sp³-hybridized carbons (Fsp3) is 0.308. The second-order valence-electron chi connectivity index (χ2n) is 3.42. The van der Waals surface area contributed by atoms with Crippen LogP contribution in [0.25, 0.3) is 0 Å². The summed E-state index contributed by atoms with van der Waals surface area (Å²) in [7, 11) is 0. The van der Waals surface area contributed by atoms with E-state index in [1.165, 1.54) is 0 Å².